The molecule has 2 aromatic carbocycles. The number of carbonyl (C=O) groups is 3. The highest BCUT2D eigenvalue weighted by Crippen LogP contribution is 2.60. The number of nitrogens with one attached hydrogen (secondary N) is 1. The first-order valence-corrected chi connectivity index (χ1v) is 14.1. The molecule has 5 fully saturated rings. The van der Waals surface area contributed by atoms with Crippen molar-refractivity contribution >= 4 is 45.5 Å². The first-order valence-electron chi connectivity index (χ1n) is 13.3. The molecule has 0 aromatic heterocycles. The molecule has 4 bridgehead atoms. The van der Waals surface area contributed by atoms with Crippen molar-refractivity contribution in [1.29, 1.82) is 0 Å². The van der Waals surface area contributed by atoms with E-state index in [2.05, 4.69) is 40.0 Å². The van der Waals surface area contributed by atoms with Crippen molar-refractivity contribution in [2.45, 2.75) is 50.4 Å². The Morgan fingerprint density at radius 3 is 2.26 bits per heavy atom. The van der Waals surface area contributed by atoms with Crippen molar-refractivity contribution in [2.24, 2.45) is 17.8 Å². The standard InChI is InChI=1S/C31H31BrN2O4/c1-3-4-22-12-18(14-26(32)27(22)38-2)13-25-28(35)33-30(37)34(29(25)36)24-7-5-23(6-8-24)31-15-19-9-20(16-31)11-21(10-19)17-31/h3,5-8,12-14,19-21H,1,4,9-11,15-17H2,2H3,(H,33,35,37)/b25-13+. The van der Waals surface area contributed by atoms with Gasteiger partial charge < -0.3 is 4.74 Å². The molecule has 2 aromatic rings. The van der Waals surface area contributed by atoms with Crippen molar-refractivity contribution in [3.8, 4) is 5.75 Å². The lowest BCUT2D eigenvalue weighted by atomic mass is 9.48. The third kappa shape index (κ3) is 4.21. The lowest BCUT2D eigenvalue weighted by Gasteiger charge is -2.57. The van der Waals surface area contributed by atoms with Gasteiger partial charge in [-0.15, -0.1) is 6.58 Å². The van der Waals surface area contributed by atoms with E-state index in [-0.39, 0.29) is 11.0 Å². The Morgan fingerprint density at radius 1 is 1.05 bits per heavy atom. The van der Waals surface area contributed by atoms with E-state index in [1.807, 2.05) is 18.2 Å². The summed E-state index contributed by atoms with van der Waals surface area (Å²) < 4.78 is 6.17. The largest absolute Gasteiger partial charge is 0.495 e. The molecular formula is C31H31BrN2O4. The van der Waals surface area contributed by atoms with Crippen LogP contribution in [0.15, 0.2) is 59.1 Å². The number of hydrogen-bond acceptors (Lipinski definition) is 4. The van der Waals surface area contributed by atoms with E-state index >= 15 is 0 Å². The molecule has 0 spiro atoms. The van der Waals surface area contributed by atoms with Crippen molar-refractivity contribution < 1.29 is 19.1 Å². The molecule has 1 heterocycles. The summed E-state index contributed by atoms with van der Waals surface area (Å²) in [6.07, 6.45) is 11.7. The number of imide groups is 2. The number of anilines is 1. The zero-order valence-corrected chi connectivity index (χ0v) is 23.1. The van der Waals surface area contributed by atoms with E-state index in [1.54, 1.807) is 19.3 Å². The summed E-state index contributed by atoms with van der Waals surface area (Å²) in [4.78, 5) is 40.1. The number of rotatable bonds is 6. The molecule has 0 unspecified atom stereocenters. The minimum atomic E-state index is -0.733. The summed E-state index contributed by atoms with van der Waals surface area (Å²) >= 11 is 3.51. The minimum absolute atomic E-state index is 0.101. The number of amides is 4. The maximum absolute atomic E-state index is 13.5. The van der Waals surface area contributed by atoms with E-state index < -0.39 is 17.8 Å². The van der Waals surface area contributed by atoms with Gasteiger partial charge in [0.05, 0.1) is 17.3 Å². The Bertz CT molecular complexity index is 1340. The highest BCUT2D eigenvalue weighted by atomic mass is 79.9. The van der Waals surface area contributed by atoms with Gasteiger partial charge in [0.1, 0.15) is 11.3 Å². The first kappa shape index (κ1) is 25.1. The summed E-state index contributed by atoms with van der Waals surface area (Å²) in [5.74, 6) is 1.82. The number of halogens is 1. The van der Waals surface area contributed by atoms with Crippen LogP contribution in [0.1, 0.15) is 55.2 Å². The fourth-order valence-corrected chi connectivity index (χ4v) is 8.46. The van der Waals surface area contributed by atoms with Gasteiger partial charge >= 0.3 is 6.03 Å². The average molecular weight is 576 g/mol. The van der Waals surface area contributed by atoms with Gasteiger partial charge in [-0.3, -0.25) is 14.9 Å². The number of ether oxygens (including phenoxy) is 1. The minimum Gasteiger partial charge on any atom is -0.495 e. The van der Waals surface area contributed by atoms with E-state index in [4.69, 9.17) is 4.74 Å². The predicted octanol–water partition coefficient (Wildman–Crippen LogP) is 6.32. The molecule has 38 heavy (non-hydrogen) atoms. The Hall–Kier alpha value is -3.19. The van der Waals surface area contributed by atoms with Crippen molar-refractivity contribution in [3.05, 3.63) is 75.8 Å². The summed E-state index contributed by atoms with van der Waals surface area (Å²) in [5, 5.41) is 2.34. The quantitative estimate of drug-likeness (QED) is 0.249. The number of carbonyl (C=O) groups excluding carboxylic acids is 3. The molecule has 6 nitrogen and oxygen atoms in total. The number of urea groups is 1. The molecule has 7 heteroatoms. The average Bonchev–Trinajstić information content (AvgIpc) is 2.86. The van der Waals surface area contributed by atoms with Crippen molar-refractivity contribution in [3.63, 3.8) is 0 Å². The van der Waals surface area contributed by atoms with Crippen molar-refractivity contribution in [2.75, 3.05) is 12.0 Å². The number of benzene rings is 2. The van der Waals surface area contributed by atoms with E-state index in [0.717, 1.165) is 28.2 Å². The molecule has 4 aliphatic carbocycles. The second-order valence-corrected chi connectivity index (χ2v) is 12.2. The SMILES string of the molecule is C=CCc1cc(/C=C2\C(=O)NC(=O)N(c3ccc(C45CC6CC(CC(C6)C4)C5)cc3)C2=O)cc(Br)c1OC. The monoisotopic (exact) mass is 574 g/mol. The Kier molecular flexibility index (Phi) is 6.29. The second kappa shape index (κ2) is 9.53. The fraction of sp³-hybridized carbons (Fsp3) is 0.387. The maximum Gasteiger partial charge on any atom is 0.335 e. The Morgan fingerprint density at radius 2 is 1.68 bits per heavy atom. The molecule has 0 atom stereocenters. The number of allylic oxidation sites excluding steroid dienone is 1. The van der Waals surface area contributed by atoms with Gasteiger partial charge in [-0.05, 0) is 131 Å². The lowest BCUT2D eigenvalue weighted by molar-refractivity contribution is -0.122. The van der Waals surface area contributed by atoms with Crippen LogP contribution in [-0.4, -0.2) is 25.0 Å². The molecule has 196 valence electrons. The molecule has 0 radical (unpaired) electrons. The highest BCUT2D eigenvalue weighted by Gasteiger charge is 2.51. The van der Waals surface area contributed by atoms with Gasteiger partial charge in [-0.2, -0.15) is 0 Å². The van der Waals surface area contributed by atoms with Crippen LogP contribution in [0.2, 0.25) is 0 Å². The molecule has 1 N–H and O–H groups in total. The number of hydrogen-bond donors (Lipinski definition) is 1. The molecule has 1 saturated heterocycles. The van der Waals surface area contributed by atoms with Crippen LogP contribution in [0.3, 0.4) is 0 Å². The third-order valence-corrected chi connectivity index (χ3v) is 9.49. The van der Waals surface area contributed by atoms with Crippen LogP contribution < -0.4 is 15.0 Å². The van der Waals surface area contributed by atoms with Gasteiger partial charge in [0.2, 0.25) is 0 Å². The smallest absolute Gasteiger partial charge is 0.335 e. The van der Waals surface area contributed by atoms with Crippen LogP contribution >= 0.6 is 15.9 Å². The summed E-state index contributed by atoms with van der Waals surface area (Å²) in [7, 11) is 1.58. The van der Waals surface area contributed by atoms with Crippen LogP contribution in [0, 0.1) is 17.8 Å². The summed E-state index contributed by atoms with van der Waals surface area (Å²) in [6, 6.07) is 10.8. The summed E-state index contributed by atoms with van der Waals surface area (Å²) in [6.45, 7) is 3.79. The summed E-state index contributed by atoms with van der Waals surface area (Å²) in [5.41, 5.74) is 3.40. The third-order valence-electron chi connectivity index (χ3n) is 8.90. The lowest BCUT2D eigenvalue weighted by Crippen LogP contribution is -2.54. The van der Waals surface area contributed by atoms with Gasteiger partial charge in [-0.25, -0.2) is 9.69 Å². The van der Waals surface area contributed by atoms with Gasteiger partial charge in [0.25, 0.3) is 11.8 Å². The van der Waals surface area contributed by atoms with Crippen LogP contribution in [0.4, 0.5) is 10.5 Å². The molecule has 4 amide bonds. The van der Waals surface area contributed by atoms with Crippen LogP contribution in [-0.2, 0) is 21.4 Å². The Balaban J connectivity index is 1.30. The maximum atomic E-state index is 13.5. The van der Waals surface area contributed by atoms with Gasteiger partial charge in [0, 0.05) is 0 Å². The molecular weight excluding hydrogens is 544 g/mol. The van der Waals surface area contributed by atoms with Crippen LogP contribution in [0.25, 0.3) is 6.08 Å². The highest BCUT2D eigenvalue weighted by molar-refractivity contribution is 9.10. The zero-order valence-electron chi connectivity index (χ0n) is 21.5. The van der Waals surface area contributed by atoms with E-state index in [9.17, 15) is 14.4 Å². The number of nitrogens with zero attached hydrogens (tertiary/aromatic N) is 1. The first-order chi connectivity index (χ1) is 18.3. The fourth-order valence-electron chi connectivity index (χ4n) is 7.78. The van der Waals surface area contributed by atoms with Gasteiger partial charge in [-0.1, -0.05) is 18.2 Å². The molecule has 7 rings (SSSR count). The number of barbiturate groups is 1. The molecule has 4 saturated carbocycles. The van der Waals surface area contributed by atoms with E-state index in [1.165, 1.54) is 50.2 Å². The van der Waals surface area contributed by atoms with Crippen LogP contribution in [0.5, 0.6) is 5.75 Å². The predicted molar refractivity (Wildman–Crippen MR) is 150 cm³/mol. The van der Waals surface area contributed by atoms with Crippen molar-refractivity contribution in [1.82, 2.24) is 5.32 Å². The second-order valence-electron chi connectivity index (χ2n) is 11.4. The zero-order chi connectivity index (χ0) is 26.6. The molecule has 5 aliphatic rings. The van der Waals surface area contributed by atoms with E-state index in [0.29, 0.717) is 27.9 Å². The Labute approximate surface area is 231 Å². The molecule has 1 aliphatic heterocycles. The number of methoxy groups -OCH3 is 1. The normalized spacial score (nSPS) is 29.1. The topological polar surface area (TPSA) is 75.7 Å². The van der Waals surface area contributed by atoms with Gasteiger partial charge in [0.15, 0.2) is 0 Å².